The van der Waals surface area contributed by atoms with Gasteiger partial charge in [-0.2, -0.15) is 0 Å². The Morgan fingerprint density at radius 3 is 2.69 bits per heavy atom. The van der Waals surface area contributed by atoms with E-state index in [1.807, 2.05) is 41.3 Å². The number of nitrogens with zero attached hydrogens (tertiary/aromatic N) is 1. The molecule has 2 aromatic rings. The number of carbonyl (C=O) groups is 1. The molecule has 0 bridgehead atoms. The van der Waals surface area contributed by atoms with Crippen molar-refractivity contribution in [3.63, 3.8) is 0 Å². The Balaban J connectivity index is 1.57. The number of ether oxygens (including phenoxy) is 2. The van der Waals surface area contributed by atoms with Gasteiger partial charge in [-0.1, -0.05) is 24.8 Å². The van der Waals surface area contributed by atoms with E-state index in [0.29, 0.717) is 42.3 Å². The predicted molar refractivity (Wildman–Crippen MR) is 116 cm³/mol. The van der Waals surface area contributed by atoms with Gasteiger partial charge in [0.05, 0.1) is 25.7 Å². The van der Waals surface area contributed by atoms with E-state index in [4.69, 9.17) is 20.9 Å². The molecule has 0 saturated carbocycles. The van der Waals surface area contributed by atoms with E-state index in [-0.39, 0.29) is 11.8 Å². The molecule has 1 aliphatic heterocycles. The molecule has 1 amide bonds. The number of nitrogen functional groups attached to an aromatic ring is 1. The number of nitrogens with two attached hydrogens (primary N) is 2. The Morgan fingerprint density at radius 2 is 2.00 bits per heavy atom. The van der Waals surface area contributed by atoms with E-state index in [2.05, 4.69) is 6.58 Å². The minimum atomic E-state index is 0.139. The number of methoxy groups -OCH3 is 1. The highest BCUT2D eigenvalue weighted by Gasteiger charge is 2.24. The Morgan fingerprint density at radius 1 is 1.24 bits per heavy atom. The number of benzene rings is 2. The second-order valence-electron chi connectivity index (χ2n) is 7.43. The lowest BCUT2D eigenvalue weighted by Crippen LogP contribution is -2.42. The first-order valence-electron chi connectivity index (χ1n) is 9.84. The van der Waals surface area contributed by atoms with Crippen molar-refractivity contribution < 1.29 is 14.3 Å². The van der Waals surface area contributed by atoms with Gasteiger partial charge < -0.3 is 25.8 Å². The third kappa shape index (κ3) is 5.22. The summed E-state index contributed by atoms with van der Waals surface area (Å²) in [7, 11) is 1.63. The van der Waals surface area contributed by atoms with Crippen LogP contribution in [0.25, 0.3) is 5.70 Å². The lowest BCUT2D eigenvalue weighted by Gasteiger charge is -2.33. The zero-order chi connectivity index (χ0) is 20.8. The first kappa shape index (κ1) is 20.6. The van der Waals surface area contributed by atoms with Gasteiger partial charge in [-0.05, 0) is 42.7 Å². The minimum absolute atomic E-state index is 0.139. The Kier molecular flexibility index (Phi) is 6.65. The van der Waals surface area contributed by atoms with E-state index < -0.39 is 0 Å². The molecule has 4 N–H and O–H groups in total. The topological polar surface area (TPSA) is 90.8 Å². The van der Waals surface area contributed by atoms with Crippen molar-refractivity contribution in [3.05, 3.63) is 60.2 Å². The summed E-state index contributed by atoms with van der Waals surface area (Å²) >= 11 is 0. The predicted octanol–water partition coefficient (Wildman–Crippen LogP) is 3.07. The fourth-order valence-electron chi connectivity index (χ4n) is 3.68. The van der Waals surface area contributed by atoms with Gasteiger partial charge in [0.2, 0.25) is 5.91 Å². The van der Waals surface area contributed by atoms with Crippen LogP contribution in [-0.4, -0.2) is 37.6 Å². The summed E-state index contributed by atoms with van der Waals surface area (Å²) < 4.78 is 11.2. The lowest BCUT2D eigenvalue weighted by molar-refractivity contribution is -0.132. The molecule has 0 aromatic heterocycles. The van der Waals surface area contributed by atoms with Gasteiger partial charge in [0, 0.05) is 30.4 Å². The molecule has 1 fully saturated rings. The maximum Gasteiger partial charge on any atom is 0.227 e. The average molecular weight is 396 g/mol. The molecular weight excluding hydrogens is 366 g/mol. The molecule has 0 unspecified atom stereocenters. The zero-order valence-corrected chi connectivity index (χ0v) is 16.9. The van der Waals surface area contributed by atoms with Crippen LogP contribution in [0.2, 0.25) is 0 Å². The highest BCUT2D eigenvalue weighted by atomic mass is 16.5. The van der Waals surface area contributed by atoms with Gasteiger partial charge in [-0.15, -0.1) is 0 Å². The van der Waals surface area contributed by atoms with Crippen molar-refractivity contribution in [2.75, 3.05) is 32.5 Å². The zero-order valence-electron chi connectivity index (χ0n) is 16.9. The van der Waals surface area contributed by atoms with Crippen LogP contribution in [-0.2, 0) is 11.2 Å². The summed E-state index contributed by atoms with van der Waals surface area (Å²) in [5.41, 5.74) is 14.4. The average Bonchev–Trinajstić information content (AvgIpc) is 2.72. The standard InChI is InChI=1S/C23H29N3O3/c1-16(24)23-20(25)6-3-7-21(23)29-15-18-5-4-12-26(14-18)22(27)13-17-8-10-19(28-2)11-9-17/h3,6-11,18H,1,4-5,12-15,24-25H2,2H3/t18-/m0/s1. The van der Waals surface area contributed by atoms with E-state index >= 15 is 0 Å². The second kappa shape index (κ2) is 9.37. The SMILES string of the molecule is C=C(N)c1c(N)cccc1OC[C@H]1CCCN(C(=O)Cc2ccc(OC)cc2)C1. The van der Waals surface area contributed by atoms with E-state index in [1.165, 1.54) is 0 Å². The summed E-state index contributed by atoms with van der Waals surface area (Å²) in [4.78, 5) is 14.7. The van der Waals surface area contributed by atoms with Crippen LogP contribution in [0.4, 0.5) is 5.69 Å². The monoisotopic (exact) mass is 395 g/mol. The number of amides is 1. The largest absolute Gasteiger partial charge is 0.497 e. The number of piperidine rings is 1. The van der Waals surface area contributed by atoms with Crippen molar-refractivity contribution in [1.82, 2.24) is 4.90 Å². The molecule has 154 valence electrons. The maximum atomic E-state index is 12.7. The summed E-state index contributed by atoms with van der Waals surface area (Å²) in [5.74, 6) is 1.83. The fourth-order valence-corrected chi connectivity index (χ4v) is 3.68. The molecule has 1 aliphatic rings. The smallest absolute Gasteiger partial charge is 0.227 e. The lowest BCUT2D eigenvalue weighted by atomic mass is 9.98. The van der Waals surface area contributed by atoms with Crippen LogP contribution in [0, 0.1) is 5.92 Å². The third-order valence-electron chi connectivity index (χ3n) is 5.24. The van der Waals surface area contributed by atoms with Gasteiger partial charge in [-0.3, -0.25) is 4.79 Å². The number of hydrogen-bond acceptors (Lipinski definition) is 5. The molecule has 2 aromatic carbocycles. The molecular formula is C23H29N3O3. The third-order valence-corrected chi connectivity index (χ3v) is 5.24. The van der Waals surface area contributed by atoms with E-state index in [1.54, 1.807) is 13.2 Å². The quantitative estimate of drug-likeness (QED) is 0.703. The highest BCUT2D eigenvalue weighted by molar-refractivity contribution is 5.79. The molecule has 1 atom stereocenters. The number of carbonyl (C=O) groups excluding carboxylic acids is 1. The molecule has 0 aliphatic carbocycles. The van der Waals surface area contributed by atoms with Crippen LogP contribution in [0.15, 0.2) is 49.0 Å². The van der Waals surface area contributed by atoms with E-state index in [9.17, 15) is 4.79 Å². The summed E-state index contributed by atoms with van der Waals surface area (Å²) in [6.45, 7) is 5.77. The molecule has 6 heteroatoms. The summed E-state index contributed by atoms with van der Waals surface area (Å²) in [6.07, 6.45) is 2.38. The van der Waals surface area contributed by atoms with Crippen LogP contribution < -0.4 is 20.9 Å². The first-order valence-corrected chi connectivity index (χ1v) is 9.84. The van der Waals surface area contributed by atoms with Crippen LogP contribution in [0.5, 0.6) is 11.5 Å². The van der Waals surface area contributed by atoms with Gasteiger partial charge in [0.25, 0.3) is 0 Å². The van der Waals surface area contributed by atoms with Crippen LogP contribution in [0.3, 0.4) is 0 Å². The molecule has 29 heavy (non-hydrogen) atoms. The van der Waals surface area contributed by atoms with Crippen LogP contribution >= 0.6 is 0 Å². The number of hydrogen-bond donors (Lipinski definition) is 2. The second-order valence-corrected chi connectivity index (χ2v) is 7.43. The Bertz CT molecular complexity index is 864. The van der Waals surface area contributed by atoms with Gasteiger partial charge in [0.15, 0.2) is 0 Å². The van der Waals surface area contributed by atoms with Crippen LogP contribution in [0.1, 0.15) is 24.0 Å². The molecule has 0 radical (unpaired) electrons. The Labute approximate surface area is 172 Å². The molecule has 6 nitrogen and oxygen atoms in total. The van der Waals surface area contributed by atoms with Crippen molar-refractivity contribution in [3.8, 4) is 11.5 Å². The van der Waals surface area contributed by atoms with Crippen molar-refractivity contribution in [2.24, 2.45) is 11.7 Å². The number of likely N-dealkylation sites (tertiary alicyclic amines) is 1. The minimum Gasteiger partial charge on any atom is -0.497 e. The van der Waals surface area contributed by atoms with Gasteiger partial charge in [-0.25, -0.2) is 0 Å². The Hall–Kier alpha value is -3.15. The van der Waals surface area contributed by atoms with Crippen molar-refractivity contribution in [1.29, 1.82) is 0 Å². The van der Waals surface area contributed by atoms with Crippen molar-refractivity contribution in [2.45, 2.75) is 19.3 Å². The number of anilines is 1. The molecule has 0 spiro atoms. The normalized spacial score (nSPS) is 16.3. The molecule has 1 heterocycles. The molecule has 1 saturated heterocycles. The van der Waals surface area contributed by atoms with E-state index in [0.717, 1.165) is 30.7 Å². The fraction of sp³-hybridized carbons (Fsp3) is 0.348. The highest BCUT2D eigenvalue weighted by Crippen LogP contribution is 2.29. The summed E-state index contributed by atoms with van der Waals surface area (Å²) in [6, 6.07) is 13.1. The van der Waals surface area contributed by atoms with Gasteiger partial charge in [0.1, 0.15) is 11.5 Å². The summed E-state index contributed by atoms with van der Waals surface area (Å²) in [5, 5.41) is 0. The van der Waals surface area contributed by atoms with Gasteiger partial charge >= 0.3 is 0 Å². The van der Waals surface area contributed by atoms with Crippen molar-refractivity contribution >= 4 is 17.3 Å². The maximum absolute atomic E-state index is 12.7. The first-order chi connectivity index (χ1) is 14.0. The number of rotatable bonds is 7. The molecule has 3 rings (SSSR count).